The molecule has 0 unspecified atom stereocenters. The highest BCUT2D eigenvalue weighted by atomic mass is 35.5. The molecule has 22 heavy (non-hydrogen) atoms. The Kier molecular flexibility index (Phi) is 5.67. The van der Waals surface area contributed by atoms with Gasteiger partial charge in [0, 0.05) is 29.8 Å². The number of carbonyl (C=O) groups is 2. The van der Waals surface area contributed by atoms with Gasteiger partial charge in [-0.25, -0.2) is 0 Å². The number of amides is 1. The van der Waals surface area contributed by atoms with Crippen LogP contribution in [0.4, 0.5) is 0 Å². The molecular weight excluding hydrogens is 329 g/mol. The molecule has 2 rings (SSSR count). The van der Waals surface area contributed by atoms with Gasteiger partial charge in [0.2, 0.25) is 5.91 Å². The number of carbonyl (C=O) groups excluding carboxylic acids is 1. The molecule has 0 spiro atoms. The number of carboxylic acid groups (broad SMARTS) is 1. The second-order valence-electron chi connectivity index (χ2n) is 5.35. The highest BCUT2D eigenvalue weighted by molar-refractivity contribution is 6.36. The molecule has 1 amide bonds. The van der Waals surface area contributed by atoms with Crippen LogP contribution in [-0.4, -0.2) is 36.7 Å². The molecule has 120 valence electrons. The van der Waals surface area contributed by atoms with Crippen molar-refractivity contribution >= 4 is 35.1 Å². The van der Waals surface area contributed by atoms with Crippen LogP contribution in [0.25, 0.3) is 0 Å². The van der Waals surface area contributed by atoms with E-state index in [2.05, 4.69) is 5.32 Å². The van der Waals surface area contributed by atoms with Crippen LogP contribution >= 0.6 is 23.2 Å². The molecule has 2 N–H and O–H groups in total. The molecule has 0 aliphatic carbocycles. The van der Waals surface area contributed by atoms with Crippen LogP contribution < -0.4 is 5.32 Å². The Hall–Kier alpha value is -1.30. The zero-order chi connectivity index (χ0) is 16.2. The molecule has 1 aliphatic rings. The van der Waals surface area contributed by atoms with Crippen molar-refractivity contribution in [1.82, 2.24) is 5.32 Å². The molecular formula is C15H17Cl2NO4. The van der Waals surface area contributed by atoms with E-state index >= 15 is 0 Å². The van der Waals surface area contributed by atoms with Gasteiger partial charge in [-0.1, -0.05) is 29.3 Å². The van der Waals surface area contributed by atoms with Crippen molar-refractivity contribution in [3.8, 4) is 0 Å². The Balaban J connectivity index is 1.98. The van der Waals surface area contributed by atoms with Gasteiger partial charge in [-0.2, -0.15) is 0 Å². The average molecular weight is 346 g/mol. The van der Waals surface area contributed by atoms with Gasteiger partial charge in [-0.3, -0.25) is 9.59 Å². The maximum absolute atomic E-state index is 12.1. The van der Waals surface area contributed by atoms with E-state index in [4.69, 9.17) is 27.9 Å². The topological polar surface area (TPSA) is 75.6 Å². The van der Waals surface area contributed by atoms with E-state index in [-0.39, 0.29) is 18.9 Å². The summed E-state index contributed by atoms with van der Waals surface area (Å²) in [5.41, 5.74) is -0.419. The van der Waals surface area contributed by atoms with Crippen LogP contribution in [-0.2, 0) is 20.7 Å². The molecule has 0 saturated carbocycles. The van der Waals surface area contributed by atoms with Crippen molar-refractivity contribution in [2.24, 2.45) is 5.41 Å². The maximum Gasteiger partial charge on any atom is 0.311 e. The molecule has 7 heteroatoms. The van der Waals surface area contributed by atoms with Crippen molar-refractivity contribution in [2.75, 3.05) is 19.8 Å². The molecule has 1 aromatic rings. The van der Waals surface area contributed by atoms with E-state index in [1.54, 1.807) is 18.2 Å². The van der Waals surface area contributed by atoms with E-state index in [1.165, 1.54) is 0 Å². The van der Waals surface area contributed by atoms with Gasteiger partial charge in [0.05, 0.1) is 11.8 Å². The summed E-state index contributed by atoms with van der Waals surface area (Å²) in [6.07, 6.45) is 0.787. The van der Waals surface area contributed by atoms with Crippen LogP contribution in [0.3, 0.4) is 0 Å². The van der Waals surface area contributed by atoms with E-state index in [9.17, 15) is 14.7 Å². The van der Waals surface area contributed by atoms with Gasteiger partial charge in [0.25, 0.3) is 0 Å². The summed E-state index contributed by atoms with van der Waals surface area (Å²) < 4.78 is 5.20. The van der Waals surface area contributed by atoms with Crippen LogP contribution in [0.1, 0.15) is 18.4 Å². The van der Waals surface area contributed by atoms with Crippen LogP contribution in [0.15, 0.2) is 18.2 Å². The number of carboxylic acids is 1. The lowest BCUT2D eigenvalue weighted by molar-refractivity contribution is -0.154. The quantitative estimate of drug-likeness (QED) is 0.859. The zero-order valence-corrected chi connectivity index (χ0v) is 13.4. The Morgan fingerprint density at radius 3 is 2.36 bits per heavy atom. The monoisotopic (exact) mass is 345 g/mol. The van der Waals surface area contributed by atoms with Gasteiger partial charge >= 0.3 is 5.97 Å². The van der Waals surface area contributed by atoms with Gasteiger partial charge in [-0.05, 0) is 30.5 Å². The predicted molar refractivity (Wildman–Crippen MR) is 83.3 cm³/mol. The fourth-order valence-corrected chi connectivity index (χ4v) is 2.95. The average Bonchev–Trinajstić information content (AvgIpc) is 2.50. The van der Waals surface area contributed by atoms with Gasteiger partial charge < -0.3 is 15.2 Å². The summed E-state index contributed by atoms with van der Waals surface area (Å²) >= 11 is 12.1. The lowest BCUT2D eigenvalue weighted by Crippen LogP contribution is -2.46. The number of hydrogen-bond donors (Lipinski definition) is 2. The van der Waals surface area contributed by atoms with E-state index < -0.39 is 11.4 Å². The molecule has 0 radical (unpaired) electrons. The first-order valence-electron chi connectivity index (χ1n) is 6.95. The molecule has 1 heterocycles. The lowest BCUT2D eigenvalue weighted by Gasteiger charge is -2.33. The standard InChI is InChI=1S/C15H17Cl2NO4/c16-11-2-1-3-12(17)10(11)8-13(19)18-9-15(14(20)21)4-6-22-7-5-15/h1-3H,4-9H2,(H,18,19)(H,20,21). The third-order valence-electron chi connectivity index (χ3n) is 3.93. The summed E-state index contributed by atoms with van der Waals surface area (Å²) in [6.45, 7) is 0.851. The normalized spacial score (nSPS) is 17.0. The number of benzene rings is 1. The molecule has 5 nitrogen and oxygen atoms in total. The summed E-state index contributed by atoms with van der Waals surface area (Å²) in [4.78, 5) is 23.6. The minimum Gasteiger partial charge on any atom is -0.481 e. The number of aliphatic carboxylic acids is 1. The minimum absolute atomic E-state index is 0.0186. The fourth-order valence-electron chi connectivity index (χ4n) is 2.42. The third-order valence-corrected chi connectivity index (χ3v) is 4.63. The van der Waals surface area contributed by atoms with Crippen molar-refractivity contribution in [3.63, 3.8) is 0 Å². The predicted octanol–water partition coefficient (Wildman–Crippen LogP) is 2.53. The second kappa shape index (κ2) is 7.31. The molecule has 0 aromatic heterocycles. The SMILES string of the molecule is O=C(Cc1c(Cl)cccc1Cl)NCC1(C(=O)O)CCOCC1. The van der Waals surface area contributed by atoms with Crippen molar-refractivity contribution < 1.29 is 19.4 Å². The van der Waals surface area contributed by atoms with Crippen molar-refractivity contribution in [1.29, 1.82) is 0 Å². The van der Waals surface area contributed by atoms with E-state index in [1.807, 2.05) is 0 Å². The minimum atomic E-state index is -0.960. The smallest absolute Gasteiger partial charge is 0.311 e. The zero-order valence-electron chi connectivity index (χ0n) is 11.9. The largest absolute Gasteiger partial charge is 0.481 e. The molecule has 0 atom stereocenters. The number of nitrogens with one attached hydrogen (secondary N) is 1. The second-order valence-corrected chi connectivity index (χ2v) is 6.17. The summed E-state index contributed by atoms with van der Waals surface area (Å²) in [7, 11) is 0. The maximum atomic E-state index is 12.1. The Morgan fingerprint density at radius 1 is 1.23 bits per heavy atom. The first-order chi connectivity index (χ1) is 10.4. The highest BCUT2D eigenvalue weighted by Gasteiger charge is 2.40. The van der Waals surface area contributed by atoms with Crippen LogP contribution in [0.5, 0.6) is 0 Å². The van der Waals surface area contributed by atoms with E-state index in [0.29, 0.717) is 41.7 Å². The summed E-state index contributed by atoms with van der Waals surface area (Å²) in [5, 5.41) is 13.0. The van der Waals surface area contributed by atoms with E-state index in [0.717, 1.165) is 0 Å². The number of ether oxygens (including phenoxy) is 1. The highest BCUT2D eigenvalue weighted by Crippen LogP contribution is 2.30. The lowest BCUT2D eigenvalue weighted by atomic mass is 9.80. The first-order valence-corrected chi connectivity index (χ1v) is 7.71. The van der Waals surface area contributed by atoms with Gasteiger partial charge in [-0.15, -0.1) is 0 Å². The number of hydrogen-bond acceptors (Lipinski definition) is 3. The first kappa shape index (κ1) is 17.1. The van der Waals surface area contributed by atoms with Crippen LogP contribution in [0.2, 0.25) is 10.0 Å². The third kappa shape index (κ3) is 3.91. The van der Waals surface area contributed by atoms with Crippen molar-refractivity contribution in [3.05, 3.63) is 33.8 Å². The number of halogens is 2. The summed E-state index contributed by atoms with van der Waals surface area (Å²) in [5.74, 6) is -1.21. The fraction of sp³-hybridized carbons (Fsp3) is 0.467. The number of rotatable bonds is 5. The van der Waals surface area contributed by atoms with Crippen molar-refractivity contribution in [2.45, 2.75) is 19.3 Å². The Labute approximate surface area is 138 Å². The Morgan fingerprint density at radius 2 is 1.82 bits per heavy atom. The van der Waals surface area contributed by atoms with Gasteiger partial charge in [0.1, 0.15) is 0 Å². The molecule has 0 bridgehead atoms. The van der Waals surface area contributed by atoms with Gasteiger partial charge in [0.15, 0.2) is 0 Å². The Bertz CT molecular complexity index is 550. The van der Waals surface area contributed by atoms with Crippen LogP contribution in [0, 0.1) is 5.41 Å². The summed E-state index contributed by atoms with van der Waals surface area (Å²) in [6, 6.07) is 5.02. The molecule has 1 aromatic carbocycles. The molecule has 1 fully saturated rings. The molecule has 1 saturated heterocycles. The molecule has 1 aliphatic heterocycles.